The van der Waals surface area contributed by atoms with E-state index in [0.29, 0.717) is 27.9 Å². The largest absolute Gasteiger partial charge is 0.275 e. The van der Waals surface area contributed by atoms with E-state index in [1.54, 1.807) is 12.1 Å². The van der Waals surface area contributed by atoms with E-state index in [0.717, 1.165) is 25.7 Å². The minimum absolute atomic E-state index is 0.0655. The number of halogens is 2. The van der Waals surface area contributed by atoms with E-state index in [9.17, 15) is 9.59 Å². The molecular weight excluding hydrogens is 297 g/mol. The summed E-state index contributed by atoms with van der Waals surface area (Å²) in [6, 6.07) is 4.83. The summed E-state index contributed by atoms with van der Waals surface area (Å²) in [6.07, 6.45) is 4.50. The molecule has 1 aliphatic heterocycles. The van der Waals surface area contributed by atoms with Crippen molar-refractivity contribution >= 4 is 35.0 Å². The molecule has 1 aliphatic carbocycles. The zero-order valence-corrected chi connectivity index (χ0v) is 12.5. The van der Waals surface area contributed by atoms with Gasteiger partial charge in [0, 0.05) is 18.0 Å². The van der Waals surface area contributed by atoms with Crippen molar-refractivity contribution in [3.05, 3.63) is 33.8 Å². The van der Waals surface area contributed by atoms with Crippen molar-refractivity contribution in [2.45, 2.75) is 38.1 Å². The molecule has 106 valence electrons. The highest BCUT2D eigenvalue weighted by Gasteiger charge is 2.42. The molecule has 2 aliphatic rings. The average Bonchev–Trinajstić information content (AvgIpc) is 2.89. The second-order valence-electron chi connectivity index (χ2n) is 5.49. The zero-order valence-electron chi connectivity index (χ0n) is 10.9. The van der Waals surface area contributed by atoms with Crippen LogP contribution in [0, 0.1) is 5.92 Å². The first-order valence-electron chi connectivity index (χ1n) is 6.89. The number of benzene rings is 1. The highest BCUT2D eigenvalue weighted by molar-refractivity contribution is 6.42. The van der Waals surface area contributed by atoms with Crippen molar-refractivity contribution in [3.63, 3.8) is 0 Å². The fourth-order valence-corrected chi connectivity index (χ4v) is 3.64. The van der Waals surface area contributed by atoms with Gasteiger partial charge in [0.25, 0.3) is 5.91 Å². The smallest absolute Gasteiger partial charge is 0.260 e. The van der Waals surface area contributed by atoms with Crippen LogP contribution in [-0.2, 0) is 4.79 Å². The molecule has 20 heavy (non-hydrogen) atoms. The van der Waals surface area contributed by atoms with Gasteiger partial charge in [-0.3, -0.25) is 14.5 Å². The van der Waals surface area contributed by atoms with Gasteiger partial charge in [0.2, 0.25) is 5.91 Å². The van der Waals surface area contributed by atoms with Crippen molar-refractivity contribution in [1.82, 2.24) is 4.90 Å². The summed E-state index contributed by atoms with van der Waals surface area (Å²) < 4.78 is 0. The molecule has 2 fully saturated rings. The molecule has 0 spiro atoms. The standard InChI is InChI=1S/C15H15Cl2NO2/c16-11-6-4-10(8-12(11)17)15(20)18-13-3-1-2-9(13)5-7-14(18)19/h4,6,8-9,13H,1-3,5,7H2. The van der Waals surface area contributed by atoms with Crippen LogP contribution in [0.4, 0.5) is 0 Å². The van der Waals surface area contributed by atoms with E-state index in [2.05, 4.69) is 0 Å². The van der Waals surface area contributed by atoms with E-state index >= 15 is 0 Å². The third-order valence-corrected chi connectivity index (χ3v) is 5.07. The molecule has 3 rings (SSSR count). The van der Waals surface area contributed by atoms with E-state index in [1.807, 2.05) is 0 Å². The number of piperidine rings is 1. The molecular formula is C15H15Cl2NO2. The maximum Gasteiger partial charge on any atom is 0.260 e. The van der Waals surface area contributed by atoms with Crippen molar-refractivity contribution in [2.24, 2.45) is 5.92 Å². The second kappa shape index (κ2) is 5.38. The molecule has 0 bridgehead atoms. The molecule has 2 amide bonds. The highest BCUT2D eigenvalue weighted by atomic mass is 35.5. The molecule has 1 aromatic rings. The Kier molecular flexibility index (Phi) is 3.74. The van der Waals surface area contributed by atoms with E-state index in [-0.39, 0.29) is 17.9 Å². The van der Waals surface area contributed by atoms with Crippen LogP contribution in [0.15, 0.2) is 18.2 Å². The number of amides is 2. The molecule has 0 aromatic heterocycles. The van der Waals surface area contributed by atoms with Gasteiger partial charge >= 0.3 is 0 Å². The van der Waals surface area contributed by atoms with Crippen molar-refractivity contribution in [2.75, 3.05) is 0 Å². The number of imide groups is 1. The lowest BCUT2D eigenvalue weighted by atomic mass is 9.91. The Hall–Kier alpha value is -1.06. The first kappa shape index (κ1) is 13.9. The lowest BCUT2D eigenvalue weighted by Gasteiger charge is -2.36. The first-order valence-corrected chi connectivity index (χ1v) is 7.65. The quantitative estimate of drug-likeness (QED) is 0.737. The molecule has 1 heterocycles. The van der Waals surface area contributed by atoms with Crippen LogP contribution >= 0.6 is 23.2 Å². The Balaban J connectivity index is 1.91. The number of hydrogen-bond acceptors (Lipinski definition) is 2. The Morgan fingerprint density at radius 2 is 1.95 bits per heavy atom. The average molecular weight is 312 g/mol. The number of likely N-dealkylation sites (tertiary alicyclic amines) is 1. The molecule has 5 heteroatoms. The minimum atomic E-state index is -0.245. The summed E-state index contributed by atoms with van der Waals surface area (Å²) in [7, 11) is 0. The summed E-state index contributed by atoms with van der Waals surface area (Å²) in [5.74, 6) is 0.161. The van der Waals surface area contributed by atoms with Gasteiger partial charge in [0.05, 0.1) is 10.0 Å². The van der Waals surface area contributed by atoms with Crippen LogP contribution in [0.3, 0.4) is 0 Å². The molecule has 0 N–H and O–H groups in total. The molecule has 0 radical (unpaired) electrons. The van der Waals surface area contributed by atoms with Gasteiger partial charge in [-0.1, -0.05) is 29.6 Å². The third-order valence-electron chi connectivity index (χ3n) is 4.33. The maximum absolute atomic E-state index is 12.6. The number of fused-ring (bicyclic) bond motifs is 1. The first-order chi connectivity index (χ1) is 9.58. The van der Waals surface area contributed by atoms with Crippen molar-refractivity contribution in [3.8, 4) is 0 Å². The van der Waals surface area contributed by atoms with E-state index < -0.39 is 0 Å². The molecule has 2 unspecified atom stereocenters. The van der Waals surface area contributed by atoms with Gasteiger partial charge in [0.15, 0.2) is 0 Å². The number of carbonyl (C=O) groups excluding carboxylic acids is 2. The predicted octanol–water partition coefficient (Wildman–Crippen LogP) is 3.92. The second-order valence-corrected chi connectivity index (χ2v) is 6.31. The lowest BCUT2D eigenvalue weighted by molar-refractivity contribution is -0.134. The van der Waals surface area contributed by atoms with Gasteiger partial charge in [-0.2, -0.15) is 0 Å². The van der Waals surface area contributed by atoms with Crippen LogP contribution in [0.1, 0.15) is 42.5 Å². The van der Waals surface area contributed by atoms with Crippen LogP contribution in [-0.4, -0.2) is 22.8 Å². The Morgan fingerprint density at radius 3 is 2.70 bits per heavy atom. The van der Waals surface area contributed by atoms with Crippen LogP contribution < -0.4 is 0 Å². The summed E-state index contributed by atoms with van der Waals surface area (Å²) >= 11 is 11.8. The van der Waals surface area contributed by atoms with Gasteiger partial charge in [0.1, 0.15) is 0 Å². The molecule has 1 saturated heterocycles. The van der Waals surface area contributed by atoms with Crippen LogP contribution in [0.5, 0.6) is 0 Å². The minimum Gasteiger partial charge on any atom is -0.275 e. The zero-order chi connectivity index (χ0) is 14.3. The number of carbonyl (C=O) groups is 2. The van der Waals surface area contributed by atoms with E-state index in [4.69, 9.17) is 23.2 Å². The maximum atomic E-state index is 12.6. The Bertz CT molecular complexity index is 573. The lowest BCUT2D eigenvalue weighted by Crippen LogP contribution is -2.49. The summed E-state index contributed by atoms with van der Waals surface area (Å²) in [5, 5.41) is 0.747. The fraction of sp³-hybridized carbons (Fsp3) is 0.467. The summed E-state index contributed by atoms with van der Waals surface area (Å²) in [6.45, 7) is 0. The molecule has 1 aromatic carbocycles. The highest BCUT2D eigenvalue weighted by Crippen LogP contribution is 2.38. The van der Waals surface area contributed by atoms with Gasteiger partial charge in [-0.25, -0.2) is 0 Å². The monoisotopic (exact) mass is 311 g/mol. The van der Waals surface area contributed by atoms with Gasteiger partial charge < -0.3 is 0 Å². The fourth-order valence-electron chi connectivity index (χ4n) is 3.34. The molecule has 1 saturated carbocycles. The van der Waals surface area contributed by atoms with Crippen molar-refractivity contribution in [1.29, 1.82) is 0 Å². The molecule has 2 atom stereocenters. The van der Waals surface area contributed by atoms with E-state index in [1.165, 1.54) is 11.0 Å². The summed E-state index contributed by atoms with van der Waals surface area (Å²) in [5.41, 5.74) is 0.431. The van der Waals surface area contributed by atoms with Gasteiger partial charge in [-0.05, 0) is 43.4 Å². The number of nitrogens with zero attached hydrogens (tertiary/aromatic N) is 1. The number of hydrogen-bond donors (Lipinski definition) is 0. The summed E-state index contributed by atoms with van der Waals surface area (Å²) in [4.78, 5) is 26.2. The van der Waals surface area contributed by atoms with Crippen LogP contribution in [0.25, 0.3) is 0 Å². The molecule has 3 nitrogen and oxygen atoms in total. The van der Waals surface area contributed by atoms with Gasteiger partial charge in [-0.15, -0.1) is 0 Å². The van der Waals surface area contributed by atoms with Crippen molar-refractivity contribution < 1.29 is 9.59 Å². The third kappa shape index (κ3) is 2.33. The number of rotatable bonds is 1. The topological polar surface area (TPSA) is 37.4 Å². The SMILES string of the molecule is O=C1CCC2CCCC2N1C(=O)c1ccc(Cl)c(Cl)c1. The normalized spacial score (nSPS) is 25.7. The Labute approximate surface area is 127 Å². The predicted molar refractivity (Wildman–Crippen MR) is 78.0 cm³/mol. The Morgan fingerprint density at radius 1 is 1.15 bits per heavy atom. The van der Waals surface area contributed by atoms with Crippen LogP contribution in [0.2, 0.25) is 10.0 Å².